The van der Waals surface area contributed by atoms with Crippen molar-refractivity contribution >= 4 is 29.5 Å². The van der Waals surface area contributed by atoms with E-state index in [4.69, 9.17) is 4.74 Å². The summed E-state index contributed by atoms with van der Waals surface area (Å²) >= 11 is 0. The first-order valence-corrected chi connectivity index (χ1v) is 8.89. The van der Waals surface area contributed by atoms with Gasteiger partial charge in [0.25, 0.3) is 5.91 Å². The summed E-state index contributed by atoms with van der Waals surface area (Å²) in [5.74, 6) is -1.65. The lowest BCUT2D eigenvalue weighted by molar-refractivity contribution is -0.149. The fourth-order valence-electron chi connectivity index (χ4n) is 2.43. The van der Waals surface area contributed by atoms with E-state index in [-0.39, 0.29) is 5.70 Å². The minimum atomic E-state index is -1.04. The van der Waals surface area contributed by atoms with Crippen LogP contribution in [0.1, 0.15) is 30.5 Å². The molecule has 0 bridgehead atoms. The maximum Gasteiger partial charge on any atom is 0.355 e. The molecule has 0 spiro atoms. The van der Waals surface area contributed by atoms with E-state index in [2.05, 4.69) is 10.6 Å². The van der Waals surface area contributed by atoms with Crippen LogP contribution in [0, 0.1) is 13.8 Å². The largest absolute Gasteiger partial charge is 0.448 e. The fraction of sp³-hybridized carbons (Fsp3) is 0.227. The lowest BCUT2D eigenvalue weighted by Gasteiger charge is -2.16. The Balaban J connectivity index is 2.11. The molecule has 2 N–H and O–H groups in total. The Labute approximate surface area is 164 Å². The standard InChI is InChI=1S/C22H24N2O4/c1-14-10-11-15(2)19(12-14)24-21(26)16(3)28-22(27)20(23-17(4)25)13-18-8-6-5-7-9-18/h5-13,16H,1-4H3,(H,23,25)(H,24,26)/b20-13-/t16-/m1/s1. The molecule has 1 atom stereocenters. The van der Waals surface area contributed by atoms with E-state index in [1.54, 1.807) is 12.1 Å². The van der Waals surface area contributed by atoms with Crippen LogP contribution in [0.2, 0.25) is 0 Å². The number of carbonyl (C=O) groups is 3. The lowest BCUT2D eigenvalue weighted by atomic mass is 10.1. The van der Waals surface area contributed by atoms with Crippen LogP contribution < -0.4 is 10.6 Å². The number of rotatable bonds is 6. The molecule has 0 saturated carbocycles. The zero-order valence-corrected chi connectivity index (χ0v) is 16.4. The summed E-state index contributed by atoms with van der Waals surface area (Å²) in [6.45, 7) is 6.57. The van der Waals surface area contributed by atoms with E-state index in [9.17, 15) is 14.4 Å². The van der Waals surface area contributed by atoms with Crippen molar-refractivity contribution in [1.29, 1.82) is 0 Å². The second kappa shape index (κ2) is 9.50. The van der Waals surface area contributed by atoms with Gasteiger partial charge >= 0.3 is 5.97 Å². The molecular weight excluding hydrogens is 356 g/mol. The van der Waals surface area contributed by atoms with E-state index >= 15 is 0 Å². The predicted molar refractivity (Wildman–Crippen MR) is 108 cm³/mol. The minimum absolute atomic E-state index is 0.0370. The molecule has 2 aromatic rings. The first-order chi connectivity index (χ1) is 13.3. The Hall–Kier alpha value is -3.41. The summed E-state index contributed by atoms with van der Waals surface area (Å²) < 4.78 is 5.26. The SMILES string of the molecule is CC(=O)N/C(=C\c1ccccc1)C(=O)O[C@H](C)C(=O)Nc1cc(C)ccc1C. The number of hydrogen-bond acceptors (Lipinski definition) is 4. The van der Waals surface area contributed by atoms with Gasteiger partial charge < -0.3 is 15.4 Å². The van der Waals surface area contributed by atoms with Gasteiger partial charge in [-0.2, -0.15) is 0 Å². The zero-order chi connectivity index (χ0) is 20.7. The van der Waals surface area contributed by atoms with Crippen LogP contribution in [0.25, 0.3) is 6.08 Å². The summed E-state index contributed by atoms with van der Waals surface area (Å²) in [6.07, 6.45) is 0.458. The topological polar surface area (TPSA) is 84.5 Å². The van der Waals surface area contributed by atoms with Crippen molar-refractivity contribution < 1.29 is 19.1 Å². The van der Waals surface area contributed by atoms with Crippen LogP contribution in [-0.4, -0.2) is 23.9 Å². The summed E-state index contributed by atoms with van der Waals surface area (Å²) in [6, 6.07) is 14.7. The molecule has 146 valence electrons. The number of esters is 1. The Kier molecular flexibility index (Phi) is 7.09. The normalized spacial score (nSPS) is 12.1. The number of amides is 2. The monoisotopic (exact) mass is 380 g/mol. The van der Waals surface area contributed by atoms with Crippen LogP contribution in [0.5, 0.6) is 0 Å². The first kappa shape index (κ1) is 20.9. The summed E-state index contributed by atoms with van der Waals surface area (Å²) in [7, 11) is 0. The third kappa shape index (κ3) is 6.09. The number of nitrogens with one attached hydrogen (secondary N) is 2. The predicted octanol–water partition coefficient (Wildman–Crippen LogP) is 3.35. The third-order valence-electron chi connectivity index (χ3n) is 3.95. The molecule has 0 unspecified atom stereocenters. The highest BCUT2D eigenvalue weighted by molar-refractivity contribution is 6.00. The maximum atomic E-state index is 12.5. The number of carbonyl (C=O) groups excluding carboxylic acids is 3. The molecule has 0 radical (unpaired) electrons. The van der Waals surface area contributed by atoms with Crippen LogP contribution in [0.3, 0.4) is 0 Å². The van der Waals surface area contributed by atoms with E-state index in [0.29, 0.717) is 5.69 Å². The molecule has 2 aromatic carbocycles. The highest BCUT2D eigenvalue weighted by Gasteiger charge is 2.21. The highest BCUT2D eigenvalue weighted by atomic mass is 16.5. The quantitative estimate of drug-likeness (QED) is 0.595. The fourth-order valence-corrected chi connectivity index (χ4v) is 2.43. The van der Waals surface area contributed by atoms with Gasteiger partial charge in [-0.1, -0.05) is 42.5 Å². The molecule has 0 aliphatic rings. The second-order valence-corrected chi connectivity index (χ2v) is 6.51. The average molecular weight is 380 g/mol. The van der Waals surface area contributed by atoms with Gasteiger partial charge in [0.05, 0.1) is 0 Å². The third-order valence-corrected chi connectivity index (χ3v) is 3.95. The maximum absolute atomic E-state index is 12.5. The van der Waals surface area contributed by atoms with E-state index in [1.807, 2.05) is 50.2 Å². The van der Waals surface area contributed by atoms with Gasteiger partial charge in [-0.05, 0) is 49.6 Å². The molecule has 6 heteroatoms. The smallest absolute Gasteiger partial charge is 0.355 e. The number of aryl methyl sites for hydroxylation is 2. The van der Waals surface area contributed by atoms with Crippen LogP contribution >= 0.6 is 0 Å². The Bertz CT molecular complexity index is 904. The number of hydrogen-bond donors (Lipinski definition) is 2. The summed E-state index contributed by atoms with van der Waals surface area (Å²) in [4.78, 5) is 36.3. The number of ether oxygens (including phenoxy) is 1. The molecule has 0 fully saturated rings. The lowest BCUT2D eigenvalue weighted by Crippen LogP contribution is -2.34. The van der Waals surface area contributed by atoms with Gasteiger partial charge in [0.15, 0.2) is 6.10 Å². The second-order valence-electron chi connectivity index (χ2n) is 6.51. The van der Waals surface area contributed by atoms with Crippen molar-refractivity contribution in [2.45, 2.75) is 33.8 Å². The van der Waals surface area contributed by atoms with Gasteiger partial charge in [0.1, 0.15) is 5.70 Å². The first-order valence-electron chi connectivity index (χ1n) is 8.89. The molecule has 2 amide bonds. The van der Waals surface area contributed by atoms with Gasteiger partial charge in [0, 0.05) is 12.6 Å². The van der Waals surface area contributed by atoms with E-state index in [1.165, 1.54) is 19.9 Å². The van der Waals surface area contributed by atoms with Crippen LogP contribution in [0.4, 0.5) is 5.69 Å². The number of anilines is 1. The van der Waals surface area contributed by atoms with Crippen molar-refractivity contribution in [2.75, 3.05) is 5.32 Å². The zero-order valence-electron chi connectivity index (χ0n) is 16.4. The molecule has 0 saturated heterocycles. The molecule has 0 heterocycles. The van der Waals surface area contributed by atoms with E-state index in [0.717, 1.165) is 16.7 Å². The van der Waals surface area contributed by atoms with Crippen molar-refractivity contribution in [1.82, 2.24) is 5.32 Å². The van der Waals surface area contributed by atoms with Gasteiger partial charge in [0.2, 0.25) is 5.91 Å². The Morgan fingerprint density at radius 2 is 1.71 bits per heavy atom. The van der Waals surface area contributed by atoms with Crippen molar-refractivity contribution in [3.63, 3.8) is 0 Å². The molecular formula is C22H24N2O4. The average Bonchev–Trinajstić information content (AvgIpc) is 2.64. The molecule has 0 aromatic heterocycles. The Morgan fingerprint density at radius 1 is 1.04 bits per heavy atom. The van der Waals surface area contributed by atoms with Crippen molar-refractivity contribution in [3.05, 3.63) is 70.9 Å². The molecule has 0 aliphatic heterocycles. The summed E-state index contributed by atoms with van der Waals surface area (Å²) in [5, 5.41) is 5.22. The molecule has 2 rings (SSSR count). The minimum Gasteiger partial charge on any atom is -0.448 e. The van der Waals surface area contributed by atoms with Crippen LogP contribution in [-0.2, 0) is 19.1 Å². The molecule has 0 aliphatic carbocycles. The Morgan fingerprint density at radius 3 is 2.36 bits per heavy atom. The highest BCUT2D eigenvalue weighted by Crippen LogP contribution is 2.17. The van der Waals surface area contributed by atoms with Crippen LogP contribution in [0.15, 0.2) is 54.2 Å². The molecule has 28 heavy (non-hydrogen) atoms. The van der Waals surface area contributed by atoms with Gasteiger partial charge in [-0.3, -0.25) is 9.59 Å². The number of benzene rings is 2. The van der Waals surface area contributed by atoms with Gasteiger partial charge in [-0.25, -0.2) is 4.79 Å². The van der Waals surface area contributed by atoms with Crippen molar-refractivity contribution in [2.24, 2.45) is 0 Å². The molecule has 6 nitrogen and oxygen atoms in total. The van der Waals surface area contributed by atoms with E-state index < -0.39 is 23.9 Å². The van der Waals surface area contributed by atoms with Crippen molar-refractivity contribution in [3.8, 4) is 0 Å². The summed E-state index contributed by atoms with van der Waals surface area (Å²) in [5.41, 5.74) is 3.25. The van der Waals surface area contributed by atoms with Gasteiger partial charge in [-0.15, -0.1) is 0 Å².